The van der Waals surface area contributed by atoms with Crippen molar-refractivity contribution in [1.82, 2.24) is 5.32 Å². The van der Waals surface area contributed by atoms with Crippen LogP contribution in [0.4, 0.5) is 8.78 Å². The molecule has 98 valence electrons. The fraction of sp³-hybridized carbons (Fsp3) is 1.00. The minimum Gasteiger partial charge on any atom is -0.311 e. The van der Waals surface area contributed by atoms with E-state index in [0.29, 0.717) is 0 Å². The van der Waals surface area contributed by atoms with Crippen LogP contribution in [-0.4, -0.2) is 19.0 Å². The Morgan fingerprint density at radius 2 is 1.38 bits per heavy atom. The van der Waals surface area contributed by atoms with Crippen LogP contribution in [0.1, 0.15) is 65.2 Å². The van der Waals surface area contributed by atoms with Gasteiger partial charge in [-0.2, -0.15) is 0 Å². The molecule has 0 radical (unpaired) electrons. The van der Waals surface area contributed by atoms with E-state index >= 15 is 0 Å². The second-order valence-electron chi connectivity index (χ2n) is 4.72. The zero-order valence-electron chi connectivity index (χ0n) is 10.8. The van der Waals surface area contributed by atoms with Crippen LogP contribution < -0.4 is 5.32 Å². The Labute approximate surface area is 99.0 Å². The first-order valence-electron chi connectivity index (χ1n) is 6.65. The number of nitrogens with one attached hydrogen (secondary N) is 1. The topological polar surface area (TPSA) is 12.0 Å². The normalized spacial score (nSPS) is 12.0. The number of alkyl halides is 2. The van der Waals surface area contributed by atoms with Gasteiger partial charge in [-0.25, -0.2) is 8.78 Å². The lowest BCUT2D eigenvalue weighted by molar-refractivity contribution is 0.0228. The smallest absolute Gasteiger partial charge is 0.257 e. The van der Waals surface area contributed by atoms with Crippen molar-refractivity contribution < 1.29 is 8.78 Å². The standard InChI is InChI=1S/C13H27F2N/c1-3-4-5-6-7-8-9-10-11-16-12-13(2,14)15/h16H,3-12H2,1-2H3. The Hall–Kier alpha value is -0.180. The molecule has 0 fully saturated rings. The fourth-order valence-electron chi connectivity index (χ4n) is 1.69. The molecule has 0 atom stereocenters. The molecule has 0 aromatic carbocycles. The van der Waals surface area contributed by atoms with Gasteiger partial charge in [-0.15, -0.1) is 0 Å². The van der Waals surface area contributed by atoms with E-state index in [1.54, 1.807) is 0 Å². The number of hydrogen-bond acceptors (Lipinski definition) is 1. The first-order chi connectivity index (χ1) is 7.56. The summed E-state index contributed by atoms with van der Waals surface area (Å²) in [7, 11) is 0. The Morgan fingerprint density at radius 1 is 0.875 bits per heavy atom. The summed E-state index contributed by atoms with van der Waals surface area (Å²) >= 11 is 0. The number of halogens is 2. The third-order valence-electron chi connectivity index (χ3n) is 2.64. The van der Waals surface area contributed by atoms with Gasteiger partial charge in [-0.05, 0) is 13.0 Å². The quantitative estimate of drug-likeness (QED) is 0.524. The van der Waals surface area contributed by atoms with Crippen LogP contribution in [-0.2, 0) is 0 Å². The molecule has 3 heteroatoms. The SMILES string of the molecule is CCCCCCCCCCNCC(C)(F)F. The molecule has 16 heavy (non-hydrogen) atoms. The summed E-state index contributed by atoms with van der Waals surface area (Å²) in [6.07, 6.45) is 10.0. The van der Waals surface area contributed by atoms with E-state index in [4.69, 9.17) is 0 Å². The summed E-state index contributed by atoms with van der Waals surface area (Å²) in [6, 6.07) is 0. The number of rotatable bonds is 11. The Kier molecular flexibility index (Phi) is 9.89. The van der Waals surface area contributed by atoms with Crippen molar-refractivity contribution in [3.63, 3.8) is 0 Å². The second kappa shape index (κ2) is 10.0. The van der Waals surface area contributed by atoms with E-state index in [-0.39, 0.29) is 6.54 Å². The summed E-state index contributed by atoms with van der Waals surface area (Å²) in [5.74, 6) is -2.57. The van der Waals surface area contributed by atoms with Crippen molar-refractivity contribution in [2.24, 2.45) is 0 Å². The first-order valence-corrected chi connectivity index (χ1v) is 6.65. The van der Waals surface area contributed by atoms with Crippen molar-refractivity contribution in [1.29, 1.82) is 0 Å². The highest BCUT2D eigenvalue weighted by atomic mass is 19.3. The molecule has 1 nitrogen and oxygen atoms in total. The zero-order chi connectivity index (χ0) is 12.3. The van der Waals surface area contributed by atoms with Gasteiger partial charge < -0.3 is 5.32 Å². The molecule has 0 amide bonds. The molecule has 0 aliphatic heterocycles. The summed E-state index contributed by atoms with van der Waals surface area (Å²) in [5.41, 5.74) is 0. The van der Waals surface area contributed by atoms with Gasteiger partial charge >= 0.3 is 0 Å². The van der Waals surface area contributed by atoms with E-state index in [1.165, 1.54) is 38.5 Å². The van der Waals surface area contributed by atoms with Crippen molar-refractivity contribution in [2.45, 2.75) is 71.1 Å². The van der Waals surface area contributed by atoms with Crippen molar-refractivity contribution in [3.8, 4) is 0 Å². The maximum Gasteiger partial charge on any atom is 0.257 e. The molecule has 0 spiro atoms. The van der Waals surface area contributed by atoms with Gasteiger partial charge in [0.05, 0.1) is 6.54 Å². The van der Waals surface area contributed by atoms with Gasteiger partial charge in [-0.1, -0.05) is 51.9 Å². The third kappa shape index (κ3) is 13.8. The Balaban J connectivity index is 2.99. The Bertz CT molecular complexity index is 143. The van der Waals surface area contributed by atoms with E-state index in [2.05, 4.69) is 12.2 Å². The molecule has 0 saturated carbocycles. The molecular formula is C13H27F2N. The largest absolute Gasteiger partial charge is 0.311 e. The number of unbranched alkanes of at least 4 members (excludes halogenated alkanes) is 7. The van der Waals surface area contributed by atoms with Crippen molar-refractivity contribution in [2.75, 3.05) is 13.1 Å². The summed E-state index contributed by atoms with van der Waals surface area (Å²) in [4.78, 5) is 0. The molecule has 0 aromatic rings. The molecule has 0 aromatic heterocycles. The summed E-state index contributed by atoms with van der Waals surface area (Å²) in [5, 5.41) is 2.79. The van der Waals surface area contributed by atoms with Gasteiger partial charge in [0.1, 0.15) is 0 Å². The van der Waals surface area contributed by atoms with Crippen LogP contribution in [0, 0.1) is 0 Å². The third-order valence-corrected chi connectivity index (χ3v) is 2.64. The van der Waals surface area contributed by atoms with E-state index < -0.39 is 5.92 Å². The van der Waals surface area contributed by atoms with Gasteiger partial charge in [0, 0.05) is 6.92 Å². The van der Waals surface area contributed by atoms with Gasteiger partial charge in [0.25, 0.3) is 5.92 Å². The van der Waals surface area contributed by atoms with Gasteiger partial charge in [0.15, 0.2) is 0 Å². The minimum absolute atomic E-state index is 0.191. The molecule has 0 unspecified atom stereocenters. The lowest BCUT2D eigenvalue weighted by Crippen LogP contribution is -2.30. The van der Waals surface area contributed by atoms with Crippen LogP contribution in [0.15, 0.2) is 0 Å². The maximum atomic E-state index is 12.4. The summed E-state index contributed by atoms with van der Waals surface area (Å²) in [6.45, 7) is 3.70. The van der Waals surface area contributed by atoms with E-state index in [1.807, 2.05) is 0 Å². The first kappa shape index (κ1) is 15.8. The molecule has 0 aliphatic rings. The van der Waals surface area contributed by atoms with Crippen LogP contribution >= 0.6 is 0 Å². The molecular weight excluding hydrogens is 208 g/mol. The van der Waals surface area contributed by atoms with Crippen LogP contribution in [0.25, 0.3) is 0 Å². The maximum absolute atomic E-state index is 12.4. The number of hydrogen-bond donors (Lipinski definition) is 1. The van der Waals surface area contributed by atoms with Gasteiger partial charge in [0.2, 0.25) is 0 Å². The van der Waals surface area contributed by atoms with Gasteiger partial charge in [-0.3, -0.25) is 0 Å². The Morgan fingerprint density at radius 3 is 1.88 bits per heavy atom. The summed E-state index contributed by atoms with van der Waals surface area (Å²) < 4.78 is 24.8. The predicted octanol–water partition coefficient (Wildman–Crippen LogP) is 4.37. The van der Waals surface area contributed by atoms with E-state index in [0.717, 1.165) is 26.3 Å². The molecule has 0 aliphatic carbocycles. The average Bonchev–Trinajstić information content (AvgIpc) is 2.19. The predicted molar refractivity (Wildman–Crippen MR) is 66.1 cm³/mol. The monoisotopic (exact) mass is 235 g/mol. The van der Waals surface area contributed by atoms with Crippen molar-refractivity contribution >= 4 is 0 Å². The zero-order valence-corrected chi connectivity index (χ0v) is 10.8. The highest BCUT2D eigenvalue weighted by Gasteiger charge is 2.19. The van der Waals surface area contributed by atoms with Crippen LogP contribution in [0.3, 0.4) is 0 Å². The molecule has 0 rings (SSSR count). The van der Waals surface area contributed by atoms with Crippen LogP contribution in [0.5, 0.6) is 0 Å². The highest BCUT2D eigenvalue weighted by molar-refractivity contribution is 4.61. The second-order valence-corrected chi connectivity index (χ2v) is 4.72. The fourth-order valence-corrected chi connectivity index (χ4v) is 1.69. The molecule has 0 saturated heterocycles. The lowest BCUT2D eigenvalue weighted by Gasteiger charge is -2.10. The van der Waals surface area contributed by atoms with Crippen LogP contribution in [0.2, 0.25) is 0 Å². The average molecular weight is 235 g/mol. The highest BCUT2D eigenvalue weighted by Crippen LogP contribution is 2.10. The van der Waals surface area contributed by atoms with E-state index in [9.17, 15) is 8.78 Å². The van der Waals surface area contributed by atoms with Crippen molar-refractivity contribution in [3.05, 3.63) is 0 Å². The lowest BCUT2D eigenvalue weighted by atomic mass is 10.1. The molecule has 0 bridgehead atoms. The molecule has 1 N–H and O–H groups in total. The molecule has 0 heterocycles. The minimum atomic E-state index is -2.57.